The van der Waals surface area contributed by atoms with E-state index in [2.05, 4.69) is 40.9 Å². The Balaban J connectivity index is 0.000000690. The van der Waals surface area contributed by atoms with Crippen LogP contribution in [0.25, 0.3) is 0 Å². The first-order valence-corrected chi connectivity index (χ1v) is 10.1. The van der Waals surface area contributed by atoms with Gasteiger partial charge in [0.25, 0.3) is 0 Å². The fourth-order valence-electron chi connectivity index (χ4n) is 1.01. The smallest absolute Gasteiger partial charge is 0.341 e. The van der Waals surface area contributed by atoms with Crippen LogP contribution in [-0.4, -0.2) is 55.6 Å². The lowest BCUT2D eigenvalue weighted by atomic mass is 10.2. The van der Waals surface area contributed by atoms with Crippen LogP contribution < -0.4 is 13.7 Å². The first-order valence-electron chi connectivity index (χ1n) is 5.45. The predicted octanol–water partition coefficient (Wildman–Crippen LogP) is 0.517. The van der Waals surface area contributed by atoms with E-state index >= 15 is 0 Å². The second kappa shape index (κ2) is 9.01. The molecule has 0 atom stereocenters. The molecule has 1 aromatic rings. The molecule has 0 spiro atoms. The third-order valence-electron chi connectivity index (χ3n) is 1.64. The van der Waals surface area contributed by atoms with Gasteiger partial charge in [-0.15, -0.1) is 0 Å². The Labute approximate surface area is 133 Å². The molecule has 0 aliphatic carbocycles. The quantitative estimate of drug-likeness (QED) is 0.450. The number of carboxylic acid groups (broad SMARTS) is 1. The highest BCUT2D eigenvalue weighted by atomic mass is 28.4. The Morgan fingerprint density at radius 1 is 1.10 bits per heavy atom. The summed E-state index contributed by atoms with van der Waals surface area (Å²) >= 11 is 0. The molecule has 0 saturated carbocycles. The van der Waals surface area contributed by atoms with E-state index in [9.17, 15) is 4.79 Å². The average molecular weight is 358 g/mol. The van der Waals surface area contributed by atoms with Crippen LogP contribution in [-0.2, 0) is 4.58 Å². The molecule has 0 aliphatic rings. The first kappa shape index (κ1) is 19.9. The second-order valence-electron chi connectivity index (χ2n) is 4.62. The number of hydrogen-bond donors (Lipinski definition) is 2. The van der Waals surface area contributed by atoms with Gasteiger partial charge in [0.1, 0.15) is 11.3 Å². The Bertz CT molecular complexity index is 469. The molecule has 2 N–H and O–H groups in total. The molecule has 21 heavy (non-hydrogen) atoms. The van der Waals surface area contributed by atoms with Gasteiger partial charge >= 0.3 is 37.4 Å². The molecule has 0 aromatic heterocycles. The minimum absolute atomic E-state index is 0.00446. The van der Waals surface area contributed by atoms with Crippen LogP contribution in [0.2, 0.25) is 19.6 Å². The third-order valence-corrected chi connectivity index (χ3v) is 2.15. The zero-order valence-corrected chi connectivity index (χ0v) is 15.6. The molecule has 0 aliphatic heterocycles. The number of benzene rings is 1. The number of hydrogen-bond acceptors (Lipinski definition) is 6. The lowest BCUT2D eigenvalue weighted by Crippen LogP contribution is -2.17. The molecule has 0 heterocycles. The molecule has 11 heteroatoms. The second-order valence-corrected chi connectivity index (χ2v) is 9.53. The Kier molecular flexibility index (Phi) is 8.53. The van der Waals surface area contributed by atoms with Crippen molar-refractivity contribution in [1.82, 2.24) is 0 Å². The zero-order valence-electron chi connectivity index (χ0n) is 11.6. The normalized spacial score (nSPS) is 10.2. The topological polar surface area (TPSA) is 94.5 Å². The number of rotatable bonds is 5. The molecule has 7 nitrogen and oxygen atoms in total. The van der Waals surface area contributed by atoms with Gasteiger partial charge in [-0.25, -0.2) is 9.37 Å². The van der Waals surface area contributed by atoms with Gasteiger partial charge in [-0.05, 0) is 31.8 Å². The summed E-state index contributed by atoms with van der Waals surface area (Å²) in [5, 5.41) is 8.90. The summed E-state index contributed by atoms with van der Waals surface area (Å²) < 4.78 is 13.8. The lowest BCUT2D eigenvalue weighted by Gasteiger charge is -2.13. The summed E-state index contributed by atoms with van der Waals surface area (Å²) in [6, 6.07) is 2.65. The van der Waals surface area contributed by atoms with E-state index in [0.717, 1.165) is 0 Å². The van der Waals surface area contributed by atoms with E-state index in [1.54, 1.807) is 0 Å². The van der Waals surface area contributed by atoms with E-state index < -0.39 is 14.3 Å². The van der Waals surface area contributed by atoms with E-state index in [1.807, 2.05) is 19.6 Å². The molecule has 111 valence electrons. The van der Waals surface area contributed by atoms with Crippen LogP contribution in [0.3, 0.4) is 0 Å². The SMILES string of the molecule is C[Si](C)(C)O.O=C(O)c1ccc(O[Si])c(O[Si])c1OO[Si]. The minimum Gasteiger partial charge on any atom is -0.538 e. The van der Waals surface area contributed by atoms with Crippen LogP contribution in [0.5, 0.6) is 17.2 Å². The molecule has 1 rings (SSSR count). The summed E-state index contributed by atoms with van der Waals surface area (Å²) in [5.74, 6) is -1.15. The van der Waals surface area contributed by atoms with E-state index in [4.69, 9.17) is 18.8 Å². The number of carboxylic acids is 1. The van der Waals surface area contributed by atoms with Crippen molar-refractivity contribution in [3.8, 4) is 17.2 Å². The fourth-order valence-corrected chi connectivity index (χ4v) is 1.45. The standard InChI is InChI=1S/C7H3O6Si3.C3H10OSi/c8-7(9)3-1-2-4(11-14)6(12-15)5(3)10-13-16;1-5(2,3)4/h1-2H,(H,8,9);4H,1-3H3. The summed E-state index contributed by atoms with van der Waals surface area (Å²) in [6.45, 7) is 5.65. The van der Waals surface area contributed by atoms with Crippen LogP contribution >= 0.6 is 0 Å². The molecule has 0 unspecified atom stereocenters. The van der Waals surface area contributed by atoms with Crippen molar-refractivity contribution >= 4 is 45.7 Å². The first-order chi connectivity index (χ1) is 9.65. The molecular formula is C10H13O7Si4. The highest BCUT2D eigenvalue weighted by molar-refractivity contribution is 6.68. The molecule has 1 aromatic carbocycles. The van der Waals surface area contributed by atoms with Gasteiger partial charge in [-0.1, -0.05) is 0 Å². The van der Waals surface area contributed by atoms with Crippen LogP contribution in [0.15, 0.2) is 12.1 Å². The Morgan fingerprint density at radius 2 is 1.62 bits per heavy atom. The third kappa shape index (κ3) is 7.44. The zero-order chi connectivity index (χ0) is 16.6. The minimum atomic E-state index is -1.61. The van der Waals surface area contributed by atoms with Crippen molar-refractivity contribution < 1.29 is 33.0 Å². The van der Waals surface area contributed by atoms with Crippen molar-refractivity contribution in [2.24, 2.45) is 0 Å². The average Bonchev–Trinajstić information content (AvgIpc) is 2.36. The van der Waals surface area contributed by atoms with Gasteiger partial charge in [0.2, 0.25) is 5.75 Å². The maximum atomic E-state index is 10.9. The maximum Gasteiger partial charge on any atom is 0.341 e. The molecule has 0 amide bonds. The van der Waals surface area contributed by atoms with E-state index in [0.29, 0.717) is 0 Å². The largest absolute Gasteiger partial charge is 0.538 e. The highest BCUT2D eigenvalue weighted by Crippen LogP contribution is 2.39. The van der Waals surface area contributed by atoms with E-state index in [1.165, 1.54) is 12.1 Å². The van der Waals surface area contributed by atoms with Crippen molar-refractivity contribution in [2.45, 2.75) is 19.6 Å². The predicted molar refractivity (Wildman–Crippen MR) is 79.2 cm³/mol. The summed E-state index contributed by atoms with van der Waals surface area (Å²) in [7, 11) is 6.52. The van der Waals surface area contributed by atoms with Gasteiger partial charge < -0.3 is 23.6 Å². The Morgan fingerprint density at radius 3 is 1.95 bits per heavy atom. The van der Waals surface area contributed by atoms with Gasteiger partial charge in [0.05, 0.1) is 0 Å². The molecular weight excluding hydrogens is 344 g/mol. The van der Waals surface area contributed by atoms with Gasteiger partial charge in [0, 0.05) is 0 Å². The summed E-state index contributed by atoms with van der Waals surface area (Å²) in [6.07, 6.45) is 0. The molecule has 0 fully saturated rings. The fraction of sp³-hybridized carbons (Fsp3) is 0.300. The van der Waals surface area contributed by atoms with Crippen molar-refractivity contribution in [3.05, 3.63) is 17.7 Å². The Hall–Kier alpha value is -1.12. The lowest BCUT2D eigenvalue weighted by molar-refractivity contribution is -0.0950. The maximum absolute atomic E-state index is 10.9. The van der Waals surface area contributed by atoms with Crippen molar-refractivity contribution in [2.75, 3.05) is 0 Å². The van der Waals surface area contributed by atoms with Crippen LogP contribution in [0.4, 0.5) is 0 Å². The number of carbonyl (C=O) groups is 1. The number of aromatic carboxylic acids is 1. The van der Waals surface area contributed by atoms with Crippen molar-refractivity contribution in [1.29, 1.82) is 0 Å². The van der Waals surface area contributed by atoms with Gasteiger partial charge in [-0.3, -0.25) is 0 Å². The van der Waals surface area contributed by atoms with Crippen molar-refractivity contribution in [3.63, 3.8) is 0 Å². The summed E-state index contributed by atoms with van der Waals surface area (Å²) in [5.41, 5.74) is -0.154. The van der Waals surface area contributed by atoms with E-state index in [-0.39, 0.29) is 22.8 Å². The monoisotopic (exact) mass is 357 g/mol. The highest BCUT2D eigenvalue weighted by Gasteiger charge is 2.21. The summed E-state index contributed by atoms with van der Waals surface area (Å²) in [4.78, 5) is 24.2. The van der Waals surface area contributed by atoms with Crippen LogP contribution in [0.1, 0.15) is 10.4 Å². The van der Waals surface area contributed by atoms with Crippen LogP contribution in [0, 0.1) is 0 Å². The molecule has 0 saturated heterocycles. The van der Waals surface area contributed by atoms with Gasteiger partial charge in [-0.2, -0.15) is 0 Å². The molecule has 0 bridgehead atoms. The molecule has 9 radical (unpaired) electrons. The van der Waals surface area contributed by atoms with Gasteiger partial charge in [0.15, 0.2) is 14.1 Å².